The van der Waals surface area contributed by atoms with E-state index >= 15 is 0 Å². The van der Waals surface area contributed by atoms with Crippen LogP contribution in [0.2, 0.25) is 0 Å². The Morgan fingerprint density at radius 1 is 1.06 bits per heavy atom. The number of hydrogen-bond acceptors (Lipinski definition) is 6. The molecule has 2 saturated heterocycles. The highest BCUT2D eigenvalue weighted by Gasteiger charge is 2.48. The first-order chi connectivity index (χ1) is 15.8. The van der Waals surface area contributed by atoms with E-state index in [1.165, 1.54) is 10.6 Å². The fourth-order valence-electron chi connectivity index (χ4n) is 5.50. The number of fused-ring (bicyclic) bond motifs is 1. The lowest BCUT2D eigenvalue weighted by Crippen LogP contribution is -2.45. The molecular formula is C25H29N3O5. The Morgan fingerprint density at radius 3 is 2.52 bits per heavy atom. The maximum absolute atomic E-state index is 13.3. The van der Waals surface area contributed by atoms with E-state index in [0.717, 1.165) is 54.7 Å². The van der Waals surface area contributed by atoms with Crippen LogP contribution in [-0.4, -0.2) is 52.6 Å². The first-order valence-electron chi connectivity index (χ1n) is 11.5. The van der Waals surface area contributed by atoms with Gasteiger partial charge in [0, 0.05) is 38.0 Å². The summed E-state index contributed by atoms with van der Waals surface area (Å²) in [4.78, 5) is 40.8. The lowest BCUT2D eigenvalue weighted by Gasteiger charge is -2.38. The summed E-state index contributed by atoms with van der Waals surface area (Å²) in [6, 6.07) is 6.79. The van der Waals surface area contributed by atoms with Gasteiger partial charge in [0.1, 0.15) is 6.61 Å². The number of cyclic esters (lactones) is 1. The second-order valence-corrected chi connectivity index (χ2v) is 9.52. The van der Waals surface area contributed by atoms with Gasteiger partial charge in [-0.25, -0.2) is 4.79 Å². The highest BCUT2D eigenvalue weighted by atomic mass is 16.5. The summed E-state index contributed by atoms with van der Waals surface area (Å²) in [5, 5.41) is 10.9. The van der Waals surface area contributed by atoms with Gasteiger partial charge in [-0.1, -0.05) is 6.07 Å². The molecule has 174 valence electrons. The van der Waals surface area contributed by atoms with Crippen molar-refractivity contribution in [1.29, 1.82) is 0 Å². The zero-order valence-electron chi connectivity index (χ0n) is 19.0. The molecule has 0 aliphatic carbocycles. The smallest absolute Gasteiger partial charge is 0.338 e. The van der Waals surface area contributed by atoms with E-state index in [1.54, 1.807) is 30.3 Å². The topological polar surface area (TPSA) is 92.1 Å². The van der Waals surface area contributed by atoms with Crippen molar-refractivity contribution in [1.82, 2.24) is 9.47 Å². The van der Waals surface area contributed by atoms with E-state index < -0.39 is 6.10 Å². The minimum atomic E-state index is -0.665. The van der Waals surface area contributed by atoms with Crippen molar-refractivity contribution in [3.8, 4) is 0 Å². The molecule has 2 fully saturated rings. The molecule has 4 heterocycles. The molecule has 1 aromatic heterocycles. The van der Waals surface area contributed by atoms with Gasteiger partial charge in [-0.15, -0.1) is 0 Å². The van der Waals surface area contributed by atoms with Crippen molar-refractivity contribution in [2.45, 2.75) is 38.9 Å². The number of aliphatic hydroxyl groups is 1. The molecule has 1 atom stereocenters. The molecular weight excluding hydrogens is 422 g/mol. The number of rotatable bonds is 4. The molecule has 8 heteroatoms. The second-order valence-electron chi connectivity index (χ2n) is 9.52. The number of aliphatic hydroxyl groups excluding tert-OH is 1. The van der Waals surface area contributed by atoms with E-state index in [2.05, 4.69) is 4.90 Å². The van der Waals surface area contributed by atoms with Crippen molar-refractivity contribution < 1.29 is 19.4 Å². The number of anilines is 1. The van der Waals surface area contributed by atoms with Crippen LogP contribution in [-0.2, 0) is 23.2 Å². The number of carbonyl (C=O) groups excluding carboxylic acids is 2. The van der Waals surface area contributed by atoms with E-state index in [-0.39, 0.29) is 29.5 Å². The number of amides is 1. The Kier molecular flexibility index (Phi) is 5.37. The summed E-state index contributed by atoms with van der Waals surface area (Å²) in [5.41, 5.74) is 3.51. The van der Waals surface area contributed by atoms with Gasteiger partial charge in [-0.2, -0.15) is 0 Å². The van der Waals surface area contributed by atoms with Crippen molar-refractivity contribution in [2.75, 3.05) is 31.1 Å². The van der Waals surface area contributed by atoms with Crippen LogP contribution in [0.1, 0.15) is 52.4 Å². The number of pyridine rings is 1. The molecule has 3 aliphatic rings. The number of carbonyl (C=O) groups is 2. The summed E-state index contributed by atoms with van der Waals surface area (Å²) in [7, 11) is 1.69. The fourth-order valence-corrected chi connectivity index (χ4v) is 5.50. The summed E-state index contributed by atoms with van der Waals surface area (Å²) in [5.74, 6) is -0.163. The summed E-state index contributed by atoms with van der Waals surface area (Å²) >= 11 is 0. The maximum Gasteiger partial charge on any atom is 0.338 e. The van der Waals surface area contributed by atoms with Crippen LogP contribution in [0.15, 0.2) is 35.3 Å². The van der Waals surface area contributed by atoms with Crippen molar-refractivity contribution in [2.24, 2.45) is 12.5 Å². The van der Waals surface area contributed by atoms with Gasteiger partial charge in [0.05, 0.1) is 22.8 Å². The Hall–Kier alpha value is -2.97. The molecule has 33 heavy (non-hydrogen) atoms. The van der Waals surface area contributed by atoms with Gasteiger partial charge in [0.15, 0.2) is 0 Å². The highest BCUT2D eigenvalue weighted by molar-refractivity contribution is 5.99. The average molecular weight is 452 g/mol. The van der Waals surface area contributed by atoms with Crippen LogP contribution in [0.4, 0.5) is 5.69 Å². The van der Waals surface area contributed by atoms with Gasteiger partial charge in [-0.05, 0) is 62.5 Å². The van der Waals surface area contributed by atoms with Crippen molar-refractivity contribution >= 4 is 17.6 Å². The van der Waals surface area contributed by atoms with E-state index in [0.29, 0.717) is 18.7 Å². The van der Waals surface area contributed by atoms with Crippen LogP contribution in [0.25, 0.3) is 0 Å². The lowest BCUT2D eigenvalue weighted by atomic mass is 9.77. The van der Waals surface area contributed by atoms with Crippen molar-refractivity contribution in [3.05, 3.63) is 63.1 Å². The number of likely N-dealkylation sites (tertiary alicyclic amines) is 1. The maximum atomic E-state index is 13.3. The predicted octanol–water partition coefficient (Wildman–Crippen LogP) is 1.92. The number of hydrogen-bond donors (Lipinski definition) is 1. The molecule has 3 aliphatic heterocycles. The summed E-state index contributed by atoms with van der Waals surface area (Å²) in [6.07, 6.45) is 3.38. The Bertz CT molecular complexity index is 1180. The largest absolute Gasteiger partial charge is 0.457 e. The van der Waals surface area contributed by atoms with Gasteiger partial charge in [-0.3, -0.25) is 9.59 Å². The van der Waals surface area contributed by atoms with Crippen LogP contribution < -0.4 is 10.5 Å². The zero-order valence-corrected chi connectivity index (χ0v) is 19.0. The molecule has 0 unspecified atom stereocenters. The minimum Gasteiger partial charge on any atom is -0.457 e. The number of β-amino-alcohol motifs (C(OH)–C–C–N with tert-alkyl or cyclic N) is 1. The number of ether oxygens (including phenoxy) is 1. The first-order valence-corrected chi connectivity index (χ1v) is 11.5. The highest BCUT2D eigenvalue weighted by Crippen LogP contribution is 2.43. The number of nitrogens with zero attached hydrogens (tertiary/aromatic N) is 3. The average Bonchev–Trinajstić information content (AvgIpc) is 3.33. The van der Waals surface area contributed by atoms with Crippen molar-refractivity contribution in [3.63, 3.8) is 0 Å². The van der Waals surface area contributed by atoms with Crippen LogP contribution in [0.5, 0.6) is 0 Å². The molecule has 0 bridgehead atoms. The zero-order chi connectivity index (χ0) is 23.3. The molecule has 1 amide bonds. The Labute approximate surface area is 192 Å². The third-order valence-electron chi connectivity index (χ3n) is 7.71. The van der Waals surface area contributed by atoms with Gasteiger partial charge in [0.25, 0.3) is 0 Å². The number of aryl methyl sites for hydroxylation is 1. The lowest BCUT2D eigenvalue weighted by molar-refractivity contribution is -0.128. The SMILES string of the molecule is Cc1c([C@@H](O)CN2CCC3(CC2)CCN(c2ccc(=O)n(C)c2)C3=O)ccc2c1COC2=O. The van der Waals surface area contributed by atoms with Gasteiger partial charge >= 0.3 is 5.97 Å². The van der Waals surface area contributed by atoms with E-state index in [1.807, 2.05) is 13.0 Å². The quantitative estimate of drug-likeness (QED) is 0.714. The second kappa shape index (κ2) is 8.11. The number of piperidine rings is 1. The van der Waals surface area contributed by atoms with E-state index in [4.69, 9.17) is 4.74 Å². The van der Waals surface area contributed by atoms with Crippen LogP contribution in [0.3, 0.4) is 0 Å². The summed E-state index contributed by atoms with van der Waals surface area (Å²) in [6.45, 7) is 4.83. The first kappa shape index (κ1) is 21.9. The molecule has 2 aromatic rings. The summed E-state index contributed by atoms with van der Waals surface area (Å²) < 4.78 is 6.62. The van der Waals surface area contributed by atoms with Crippen LogP contribution >= 0.6 is 0 Å². The minimum absolute atomic E-state index is 0.0929. The molecule has 8 nitrogen and oxygen atoms in total. The predicted molar refractivity (Wildman–Crippen MR) is 122 cm³/mol. The molecule has 1 N–H and O–H groups in total. The fraction of sp³-hybridized carbons (Fsp3) is 0.480. The number of aromatic nitrogens is 1. The molecule has 5 rings (SSSR count). The Morgan fingerprint density at radius 2 is 1.79 bits per heavy atom. The monoisotopic (exact) mass is 451 g/mol. The molecule has 1 spiro atoms. The Balaban J connectivity index is 1.23. The molecule has 0 radical (unpaired) electrons. The molecule has 0 saturated carbocycles. The van der Waals surface area contributed by atoms with E-state index in [9.17, 15) is 19.5 Å². The number of esters is 1. The normalized spacial score (nSPS) is 20.9. The molecule has 1 aromatic carbocycles. The van der Waals surface area contributed by atoms with Crippen LogP contribution in [0, 0.1) is 12.3 Å². The van der Waals surface area contributed by atoms with Gasteiger partial charge in [0.2, 0.25) is 11.5 Å². The van der Waals surface area contributed by atoms with Gasteiger partial charge < -0.3 is 24.2 Å². The standard InChI is InChI=1S/C25H29N3O5/c1-16-18(4-5-19-20(16)15-33-23(19)31)21(29)14-27-10-7-25(8-11-27)9-12-28(24(25)32)17-3-6-22(30)26(2)13-17/h3-6,13,21,29H,7-12,14-15H2,1-2H3/t21-/m0/s1. The third-order valence-corrected chi connectivity index (χ3v) is 7.71. The number of benzene rings is 1. The third kappa shape index (κ3) is 3.67.